The first-order valence-corrected chi connectivity index (χ1v) is 4.85. The Morgan fingerprint density at radius 2 is 1.92 bits per heavy atom. The Kier molecular flexibility index (Phi) is 2.17. The highest BCUT2D eigenvalue weighted by atomic mass is 14.8. The molecule has 0 fully saturated rings. The van der Waals surface area contributed by atoms with Crippen LogP contribution in [0.3, 0.4) is 0 Å². The van der Waals surface area contributed by atoms with Crippen molar-refractivity contribution in [1.82, 2.24) is 0 Å². The lowest BCUT2D eigenvalue weighted by Crippen LogP contribution is -2.01. The smallest absolute Gasteiger partial charge is 0.0777 e. The highest BCUT2D eigenvalue weighted by Crippen LogP contribution is 2.33. The maximum Gasteiger partial charge on any atom is 0.0777 e. The molecule has 0 radical (unpaired) electrons. The van der Waals surface area contributed by atoms with Crippen LogP contribution in [0, 0.1) is 5.92 Å². The molecule has 1 nitrogen and oxygen atoms in total. The number of hydrogen-bond acceptors (Lipinski definition) is 1. The quantitative estimate of drug-likeness (QED) is 0.618. The van der Waals surface area contributed by atoms with Crippen molar-refractivity contribution in [2.24, 2.45) is 10.9 Å². The van der Waals surface area contributed by atoms with Gasteiger partial charge in [-0.15, -0.1) is 0 Å². The third-order valence-electron chi connectivity index (χ3n) is 2.66. The highest BCUT2D eigenvalue weighted by molar-refractivity contribution is 5.84. The summed E-state index contributed by atoms with van der Waals surface area (Å²) in [6.07, 6.45) is 1.15. The summed E-state index contributed by atoms with van der Waals surface area (Å²) >= 11 is 0. The summed E-state index contributed by atoms with van der Waals surface area (Å²) in [6.45, 7) is 4.40. The first-order valence-electron chi connectivity index (χ1n) is 4.85. The molecule has 0 saturated carbocycles. The van der Waals surface area contributed by atoms with E-state index in [1.165, 1.54) is 11.3 Å². The van der Waals surface area contributed by atoms with Crippen molar-refractivity contribution in [2.75, 3.05) is 0 Å². The van der Waals surface area contributed by atoms with Gasteiger partial charge < -0.3 is 0 Å². The molecule has 0 amide bonds. The molecule has 0 aromatic heterocycles. The van der Waals surface area contributed by atoms with Crippen LogP contribution in [0.25, 0.3) is 0 Å². The van der Waals surface area contributed by atoms with E-state index in [4.69, 9.17) is 0 Å². The fourth-order valence-electron chi connectivity index (χ4n) is 2.05. The Hall–Kier alpha value is -1.11. The summed E-state index contributed by atoms with van der Waals surface area (Å²) in [4.78, 5) is 4.66. The van der Waals surface area contributed by atoms with E-state index in [9.17, 15) is 0 Å². The lowest BCUT2D eigenvalue weighted by molar-refractivity contribution is 0.525. The lowest BCUT2D eigenvalue weighted by Gasteiger charge is -2.12. The van der Waals surface area contributed by atoms with Crippen LogP contribution in [-0.4, -0.2) is 5.71 Å². The Bertz CT molecular complexity index is 313. The van der Waals surface area contributed by atoms with E-state index in [1.54, 1.807) is 0 Å². The van der Waals surface area contributed by atoms with Crippen molar-refractivity contribution in [3.63, 3.8) is 0 Å². The van der Waals surface area contributed by atoms with Gasteiger partial charge in [0, 0.05) is 5.71 Å². The molecule has 1 aliphatic rings. The van der Waals surface area contributed by atoms with Crippen LogP contribution in [0.2, 0.25) is 0 Å². The third kappa shape index (κ3) is 1.64. The third-order valence-corrected chi connectivity index (χ3v) is 2.66. The van der Waals surface area contributed by atoms with Gasteiger partial charge >= 0.3 is 0 Å². The Labute approximate surface area is 79.5 Å². The molecule has 0 N–H and O–H groups in total. The minimum atomic E-state index is 0.404. The number of rotatable bonds is 1. The van der Waals surface area contributed by atoms with Gasteiger partial charge in [0.2, 0.25) is 0 Å². The average Bonchev–Trinajstić information content (AvgIpc) is 2.47. The minimum Gasteiger partial charge on any atom is -0.286 e. The van der Waals surface area contributed by atoms with Gasteiger partial charge in [-0.05, 0) is 24.8 Å². The molecule has 0 spiro atoms. The predicted octanol–water partition coefficient (Wildman–Crippen LogP) is 3.23. The molecular formula is C12H15N. The second-order valence-electron chi connectivity index (χ2n) is 3.90. The summed E-state index contributed by atoms with van der Waals surface area (Å²) in [7, 11) is 0. The van der Waals surface area contributed by atoms with E-state index in [1.807, 2.05) is 0 Å². The second kappa shape index (κ2) is 3.33. The molecule has 0 unspecified atom stereocenters. The van der Waals surface area contributed by atoms with Crippen molar-refractivity contribution in [3.05, 3.63) is 35.9 Å². The maximum atomic E-state index is 4.66. The van der Waals surface area contributed by atoms with Gasteiger partial charge in [0.05, 0.1) is 6.04 Å². The molecule has 2 atom stereocenters. The van der Waals surface area contributed by atoms with Gasteiger partial charge in [-0.25, -0.2) is 0 Å². The molecule has 68 valence electrons. The molecule has 1 aliphatic heterocycles. The van der Waals surface area contributed by atoms with Crippen molar-refractivity contribution in [2.45, 2.75) is 26.3 Å². The van der Waals surface area contributed by atoms with Gasteiger partial charge in [-0.2, -0.15) is 0 Å². The molecule has 0 aliphatic carbocycles. The maximum absolute atomic E-state index is 4.66. The molecule has 0 bridgehead atoms. The van der Waals surface area contributed by atoms with E-state index < -0.39 is 0 Å². The van der Waals surface area contributed by atoms with Crippen LogP contribution in [0.1, 0.15) is 31.9 Å². The van der Waals surface area contributed by atoms with E-state index in [0.717, 1.165) is 6.42 Å². The molecule has 1 aromatic rings. The number of benzene rings is 1. The Morgan fingerprint density at radius 3 is 2.46 bits per heavy atom. The standard InChI is InChI=1S/C12H15N/c1-9-8-10(2)13-12(9)11-6-4-3-5-7-11/h3-7,9,12H,8H2,1-2H3/t9-,12-/m1/s1. The summed E-state index contributed by atoms with van der Waals surface area (Å²) in [5.41, 5.74) is 2.65. The number of nitrogens with zero attached hydrogens (tertiary/aromatic N) is 1. The van der Waals surface area contributed by atoms with Crippen LogP contribution in [-0.2, 0) is 0 Å². The van der Waals surface area contributed by atoms with E-state index in [-0.39, 0.29) is 0 Å². The predicted molar refractivity (Wildman–Crippen MR) is 56.1 cm³/mol. The zero-order chi connectivity index (χ0) is 9.26. The largest absolute Gasteiger partial charge is 0.286 e. The van der Waals surface area contributed by atoms with Gasteiger partial charge in [0.1, 0.15) is 0 Å². The molecular weight excluding hydrogens is 158 g/mol. The lowest BCUT2D eigenvalue weighted by atomic mass is 9.95. The van der Waals surface area contributed by atoms with E-state index in [2.05, 4.69) is 49.2 Å². The molecule has 1 heteroatoms. The molecule has 13 heavy (non-hydrogen) atoms. The second-order valence-corrected chi connectivity index (χ2v) is 3.90. The van der Waals surface area contributed by atoms with E-state index in [0.29, 0.717) is 12.0 Å². The fourth-order valence-corrected chi connectivity index (χ4v) is 2.05. The molecule has 1 aromatic carbocycles. The van der Waals surface area contributed by atoms with Gasteiger partial charge in [-0.3, -0.25) is 4.99 Å². The van der Waals surface area contributed by atoms with Crippen LogP contribution in [0.15, 0.2) is 35.3 Å². The van der Waals surface area contributed by atoms with Crippen LogP contribution in [0.4, 0.5) is 0 Å². The van der Waals surface area contributed by atoms with Crippen molar-refractivity contribution < 1.29 is 0 Å². The highest BCUT2D eigenvalue weighted by Gasteiger charge is 2.24. The Balaban J connectivity index is 2.27. The van der Waals surface area contributed by atoms with Crippen molar-refractivity contribution in [1.29, 1.82) is 0 Å². The summed E-state index contributed by atoms with van der Waals surface area (Å²) in [5, 5.41) is 0. The van der Waals surface area contributed by atoms with Gasteiger partial charge in [0.15, 0.2) is 0 Å². The molecule has 0 saturated heterocycles. The summed E-state index contributed by atoms with van der Waals surface area (Å²) in [5.74, 6) is 0.669. The number of aliphatic imine (C=N–C) groups is 1. The number of hydrogen-bond donors (Lipinski definition) is 0. The fraction of sp³-hybridized carbons (Fsp3) is 0.417. The van der Waals surface area contributed by atoms with Gasteiger partial charge in [0.25, 0.3) is 0 Å². The van der Waals surface area contributed by atoms with Crippen LogP contribution >= 0.6 is 0 Å². The monoisotopic (exact) mass is 173 g/mol. The van der Waals surface area contributed by atoms with Crippen LogP contribution in [0.5, 0.6) is 0 Å². The SMILES string of the molecule is CC1=N[C@@H](c2ccccc2)[C@H](C)C1. The molecule has 2 rings (SSSR count). The zero-order valence-corrected chi connectivity index (χ0v) is 8.20. The van der Waals surface area contributed by atoms with Crippen LogP contribution < -0.4 is 0 Å². The Morgan fingerprint density at radius 1 is 1.23 bits per heavy atom. The minimum absolute atomic E-state index is 0.404. The summed E-state index contributed by atoms with van der Waals surface area (Å²) < 4.78 is 0. The first-order chi connectivity index (χ1) is 6.27. The van der Waals surface area contributed by atoms with Crippen molar-refractivity contribution >= 4 is 5.71 Å². The van der Waals surface area contributed by atoms with Gasteiger partial charge in [-0.1, -0.05) is 37.3 Å². The normalized spacial score (nSPS) is 27.4. The van der Waals surface area contributed by atoms with Crippen molar-refractivity contribution in [3.8, 4) is 0 Å². The zero-order valence-electron chi connectivity index (χ0n) is 8.20. The topological polar surface area (TPSA) is 12.4 Å². The average molecular weight is 173 g/mol. The summed E-state index contributed by atoms with van der Waals surface area (Å²) in [6, 6.07) is 11.0. The first kappa shape index (κ1) is 8.49. The van der Waals surface area contributed by atoms with E-state index >= 15 is 0 Å². The molecule has 1 heterocycles.